The largest absolute Gasteiger partial charge is 0.297 e. The van der Waals surface area contributed by atoms with Gasteiger partial charge in [0.05, 0.1) is 5.69 Å². The molecule has 2 heterocycles. The van der Waals surface area contributed by atoms with Crippen molar-refractivity contribution in [3.05, 3.63) is 24.3 Å². The lowest BCUT2D eigenvalue weighted by Gasteiger charge is -2.34. The Morgan fingerprint density at radius 3 is 2.56 bits per heavy atom. The van der Waals surface area contributed by atoms with Crippen LogP contribution in [-0.4, -0.2) is 28.0 Å². The maximum absolute atomic E-state index is 4.30. The van der Waals surface area contributed by atoms with Crippen molar-refractivity contribution in [3.63, 3.8) is 0 Å². The molecule has 0 N–H and O–H groups in total. The molecule has 0 spiro atoms. The van der Waals surface area contributed by atoms with Crippen LogP contribution in [0.3, 0.4) is 0 Å². The van der Waals surface area contributed by atoms with Crippen LogP contribution in [0.25, 0.3) is 0 Å². The van der Waals surface area contributed by atoms with E-state index in [0.29, 0.717) is 5.41 Å². The average Bonchev–Trinajstić information content (AvgIpc) is 2.31. The van der Waals surface area contributed by atoms with E-state index in [1.165, 1.54) is 32.4 Å². The minimum absolute atomic E-state index is 0.472. The molecule has 0 unspecified atom stereocenters. The van der Waals surface area contributed by atoms with Crippen molar-refractivity contribution in [2.24, 2.45) is 11.3 Å². The van der Waals surface area contributed by atoms with Gasteiger partial charge in [-0.1, -0.05) is 20.8 Å². The highest BCUT2D eigenvalue weighted by Crippen LogP contribution is 2.31. The van der Waals surface area contributed by atoms with Crippen LogP contribution in [0.5, 0.6) is 0 Å². The molecule has 0 aromatic carbocycles. The van der Waals surface area contributed by atoms with Crippen LogP contribution in [0.2, 0.25) is 0 Å². The minimum Gasteiger partial charge on any atom is -0.297 e. The highest BCUT2D eigenvalue weighted by Gasteiger charge is 2.23. The molecule has 0 atom stereocenters. The van der Waals surface area contributed by atoms with Crippen molar-refractivity contribution >= 4 is 0 Å². The molecule has 0 bridgehead atoms. The number of nitrogens with zero attached hydrogens (tertiary/aromatic N) is 3. The maximum Gasteiger partial charge on any atom is 0.115 e. The van der Waals surface area contributed by atoms with Gasteiger partial charge in [-0.25, -0.2) is 9.97 Å². The van der Waals surface area contributed by atoms with Gasteiger partial charge >= 0.3 is 0 Å². The van der Waals surface area contributed by atoms with Crippen LogP contribution in [-0.2, 0) is 6.54 Å². The third kappa shape index (κ3) is 4.37. The molecule has 1 saturated heterocycles. The Bertz CT molecular complexity index is 348. The van der Waals surface area contributed by atoms with E-state index in [0.717, 1.165) is 18.2 Å². The van der Waals surface area contributed by atoms with Crippen molar-refractivity contribution in [1.29, 1.82) is 0 Å². The standard InChI is InChI=1S/C15H25N3/c1-15(2,3)10-13-5-8-18(9-6-13)11-14-4-7-16-12-17-14/h4,7,12-13H,5-6,8-11H2,1-3H3. The molecular weight excluding hydrogens is 222 g/mol. The highest BCUT2D eigenvalue weighted by atomic mass is 15.1. The van der Waals surface area contributed by atoms with E-state index in [1.54, 1.807) is 6.33 Å². The second-order valence-corrected chi connectivity index (χ2v) is 6.69. The third-order valence-corrected chi connectivity index (χ3v) is 3.64. The van der Waals surface area contributed by atoms with Crippen molar-refractivity contribution in [1.82, 2.24) is 14.9 Å². The number of aromatic nitrogens is 2. The van der Waals surface area contributed by atoms with Gasteiger partial charge in [-0.05, 0) is 49.8 Å². The SMILES string of the molecule is CC(C)(C)CC1CCN(Cc2ccncn2)CC1. The van der Waals surface area contributed by atoms with Crippen LogP contribution >= 0.6 is 0 Å². The Labute approximate surface area is 111 Å². The molecule has 0 saturated carbocycles. The van der Waals surface area contributed by atoms with E-state index in [-0.39, 0.29) is 0 Å². The van der Waals surface area contributed by atoms with E-state index >= 15 is 0 Å². The highest BCUT2D eigenvalue weighted by molar-refractivity contribution is 4.97. The smallest absolute Gasteiger partial charge is 0.115 e. The fraction of sp³-hybridized carbons (Fsp3) is 0.733. The van der Waals surface area contributed by atoms with Gasteiger partial charge in [-0.3, -0.25) is 4.90 Å². The van der Waals surface area contributed by atoms with Gasteiger partial charge < -0.3 is 0 Å². The lowest BCUT2D eigenvalue weighted by atomic mass is 9.80. The summed E-state index contributed by atoms with van der Waals surface area (Å²) in [6, 6.07) is 2.02. The lowest BCUT2D eigenvalue weighted by Crippen LogP contribution is -2.34. The number of likely N-dealkylation sites (tertiary alicyclic amines) is 1. The van der Waals surface area contributed by atoms with Gasteiger partial charge in [-0.15, -0.1) is 0 Å². The summed E-state index contributed by atoms with van der Waals surface area (Å²) in [4.78, 5) is 10.8. The van der Waals surface area contributed by atoms with E-state index in [4.69, 9.17) is 0 Å². The fourth-order valence-electron chi connectivity index (χ4n) is 2.86. The van der Waals surface area contributed by atoms with Gasteiger partial charge in [0.2, 0.25) is 0 Å². The summed E-state index contributed by atoms with van der Waals surface area (Å²) in [6.45, 7) is 10.4. The summed E-state index contributed by atoms with van der Waals surface area (Å²) < 4.78 is 0. The predicted octanol–water partition coefficient (Wildman–Crippen LogP) is 3.12. The number of hydrogen-bond acceptors (Lipinski definition) is 3. The summed E-state index contributed by atoms with van der Waals surface area (Å²) in [6.07, 6.45) is 7.50. The normalized spacial score (nSPS) is 19.1. The van der Waals surface area contributed by atoms with Gasteiger partial charge in [0.25, 0.3) is 0 Å². The molecule has 3 nitrogen and oxygen atoms in total. The topological polar surface area (TPSA) is 29.0 Å². The first-order chi connectivity index (χ1) is 8.53. The Hall–Kier alpha value is -0.960. The van der Waals surface area contributed by atoms with Gasteiger partial charge in [0.15, 0.2) is 0 Å². The monoisotopic (exact) mass is 247 g/mol. The van der Waals surface area contributed by atoms with Gasteiger partial charge in [0.1, 0.15) is 6.33 Å². The third-order valence-electron chi connectivity index (χ3n) is 3.64. The Balaban J connectivity index is 1.77. The molecule has 0 aliphatic carbocycles. The molecule has 2 rings (SSSR count). The molecular formula is C15H25N3. The molecule has 3 heteroatoms. The molecule has 1 aliphatic heterocycles. The zero-order chi connectivity index (χ0) is 13.0. The zero-order valence-electron chi connectivity index (χ0n) is 11.9. The number of rotatable bonds is 3. The minimum atomic E-state index is 0.472. The second kappa shape index (κ2) is 5.79. The van der Waals surface area contributed by atoms with E-state index in [2.05, 4.69) is 35.6 Å². The zero-order valence-corrected chi connectivity index (χ0v) is 11.9. The summed E-state index contributed by atoms with van der Waals surface area (Å²) in [5.41, 5.74) is 1.61. The van der Waals surface area contributed by atoms with E-state index in [1.807, 2.05) is 12.3 Å². The summed E-state index contributed by atoms with van der Waals surface area (Å²) >= 11 is 0. The van der Waals surface area contributed by atoms with Crippen LogP contribution in [0.1, 0.15) is 45.7 Å². The lowest BCUT2D eigenvalue weighted by molar-refractivity contribution is 0.146. The molecule has 0 amide bonds. The quantitative estimate of drug-likeness (QED) is 0.821. The molecule has 0 radical (unpaired) electrons. The number of hydrogen-bond donors (Lipinski definition) is 0. The second-order valence-electron chi connectivity index (χ2n) is 6.69. The molecule has 1 aromatic heterocycles. The van der Waals surface area contributed by atoms with Gasteiger partial charge in [-0.2, -0.15) is 0 Å². The molecule has 18 heavy (non-hydrogen) atoms. The molecule has 1 aromatic rings. The fourth-order valence-corrected chi connectivity index (χ4v) is 2.86. The summed E-state index contributed by atoms with van der Waals surface area (Å²) in [5, 5.41) is 0. The van der Waals surface area contributed by atoms with Gasteiger partial charge in [0, 0.05) is 12.7 Å². The predicted molar refractivity (Wildman–Crippen MR) is 74.1 cm³/mol. The van der Waals surface area contributed by atoms with Crippen LogP contribution < -0.4 is 0 Å². The van der Waals surface area contributed by atoms with Crippen molar-refractivity contribution in [3.8, 4) is 0 Å². The Morgan fingerprint density at radius 1 is 1.28 bits per heavy atom. The molecule has 100 valence electrons. The van der Waals surface area contributed by atoms with E-state index in [9.17, 15) is 0 Å². The van der Waals surface area contributed by atoms with Crippen molar-refractivity contribution < 1.29 is 0 Å². The van der Waals surface area contributed by atoms with Crippen molar-refractivity contribution in [2.75, 3.05) is 13.1 Å². The van der Waals surface area contributed by atoms with E-state index < -0.39 is 0 Å². The van der Waals surface area contributed by atoms with Crippen LogP contribution in [0, 0.1) is 11.3 Å². The summed E-state index contributed by atoms with van der Waals surface area (Å²) in [5.74, 6) is 0.909. The summed E-state index contributed by atoms with van der Waals surface area (Å²) in [7, 11) is 0. The maximum atomic E-state index is 4.30. The Kier molecular flexibility index (Phi) is 4.33. The van der Waals surface area contributed by atoms with Crippen LogP contribution in [0.15, 0.2) is 18.6 Å². The molecule has 1 fully saturated rings. The number of piperidine rings is 1. The first-order valence-electron chi connectivity index (χ1n) is 7.00. The van der Waals surface area contributed by atoms with Crippen LogP contribution in [0.4, 0.5) is 0 Å². The molecule has 1 aliphatic rings. The first kappa shape index (κ1) is 13.5. The Morgan fingerprint density at radius 2 is 2.00 bits per heavy atom. The van der Waals surface area contributed by atoms with Crippen molar-refractivity contribution in [2.45, 2.75) is 46.6 Å². The average molecular weight is 247 g/mol. The first-order valence-corrected chi connectivity index (χ1v) is 7.00.